The minimum Gasteiger partial charge on any atom is -0.336 e. The van der Waals surface area contributed by atoms with Gasteiger partial charge in [-0.15, -0.1) is 0 Å². The number of aromatic nitrogens is 2. The molecule has 0 saturated carbocycles. The summed E-state index contributed by atoms with van der Waals surface area (Å²) in [5, 5.41) is 9.86. The molecule has 2 aliphatic heterocycles. The van der Waals surface area contributed by atoms with Crippen LogP contribution in [0.3, 0.4) is 0 Å². The number of hydrogen-bond donors (Lipinski definition) is 2. The molecule has 2 amide bonds. The summed E-state index contributed by atoms with van der Waals surface area (Å²) in [5.41, 5.74) is 1.14. The molecule has 0 aliphatic carbocycles. The Morgan fingerprint density at radius 1 is 1.35 bits per heavy atom. The van der Waals surface area contributed by atoms with Gasteiger partial charge >= 0.3 is 6.03 Å². The van der Waals surface area contributed by atoms with Crippen LogP contribution in [0, 0.1) is 0 Å². The van der Waals surface area contributed by atoms with Crippen LogP contribution < -0.4 is 10.6 Å². The van der Waals surface area contributed by atoms with Gasteiger partial charge in [0.05, 0.1) is 6.54 Å². The third-order valence-electron chi connectivity index (χ3n) is 4.53. The maximum atomic E-state index is 12.5. The summed E-state index contributed by atoms with van der Waals surface area (Å²) in [5.74, 6) is 0.551. The maximum Gasteiger partial charge on any atom is 0.320 e. The van der Waals surface area contributed by atoms with E-state index in [1.54, 1.807) is 4.90 Å². The minimum absolute atomic E-state index is 0.00930. The average molecular weight is 327 g/mol. The van der Waals surface area contributed by atoms with Gasteiger partial charge in [-0.05, 0) is 38.6 Å². The van der Waals surface area contributed by atoms with Crippen molar-refractivity contribution in [3.63, 3.8) is 0 Å². The number of fused-ring (bicyclic) bond motifs is 1. The molecule has 3 rings (SSSR count). The molecule has 3 heterocycles. The molecule has 0 bridgehead atoms. The summed E-state index contributed by atoms with van der Waals surface area (Å²) >= 11 is 0. The number of aryl methyl sites for hydroxylation is 2. The number of nitrogens with zero attached hydrogens (tertiary/aromatic N) is 3. The van der Waals surface area contributed by atoms with Crippen molar-refractivity contribution in [1.29, 1.82) is 0 Å². The van der Waals surface area contributed by atoms with E-state index < -0.39 is 6.43 Å². The molecule has 1 saturated heterocycles. The van der Waals surface area contributed by atoms with Crippen molar-refractivity contribution in [1.82, 2.24) is 20.0 Å². The standard InChI is InChI=1S/C15H23F2N5O/c16-13(17)10-21-6-3-5-12(21)9-18-15(23)19-14-8-11-4-1-2-7-22(11)20-14/h8,12-13H,1-7,9-10H2,(H2,18,19,20,23). The third kappa shape index (κ3) is 4.19. The number of nitrogens with one attached hydrogen (secondary N) is 2. The highest BCUT2D eigenvalue weighted by Crippen LogP contribution is 2.19. The van der Waals surface area contributed by atoms with Crippen molar-refractivity contribution in [3.8, 4) is 0 Å². The quantitative estimate of drug-likeness (QED) is 0.870. The summed E-state index contributed by atoms with van der Waals surface area (Å²) in [6, 6.07) is 1.56. The predicted molar refractivity (Wildman–Crippen MR) is 82.8 cm³/mol. The molecule has 23 heavy (non-hydrogen) atoms. The summed E-state index contributed by atoms with van der Waals surface area (Å²) in [7, 11) is 0. The van der Waals surface area contributed by atoms with Crippen molar-refractivity contribution in [2.75, 3.05) is 25.0 Å². The van der Waals surface area contributed by atoms with E-state index in [-0.39, 0.29) is 18.6 Å². The molecule has 0 spiro atoms. The monoisotopic (exact) mass is 327 g/mol. The highest BCUT2D eigenvalue weighted by Gasteiger charge is 2.27. The van der Waals surface area contributed by atoms with Crippen LogP contribution >= 0.6 is 0 Å². The highest BCUT2D eigenvalue weighted by atomic mass is 19.3. The minimum atomic E-state index is -2.33. The number of carbonyl (C=O) groups is 1. The molecule has 2 N–H and O–H groups in total. The van der Waals surface area contributed by atoms with Gasteiger partial charge in [0.15, 0.2) is 5.82 Å². The number of amides is 2. The largest absolute Gasteiger partial charge is 0.336 e. The number of urea groups is 1. The van der Waals surface area contributed by atoms with E-state index in [1.807, 2.05) is 10.7 Å². The molecule has 1 aromatic heterocycles. The van der Waals surface area contributed by atoms with E-state index in [1.165, 1.54) is 0 Å². The first-order valence-corrected chi connectivity index (χ1v) is 8.25. The normalized spacial score (nSPS) is 21.4. The second-order valence-corrected chi connectivity index (χ2v) is 6.22. The number of anilines is 1. The first kappa shape index (κ1) is 16.2. The van der Waals surface area contributed by atoms with Gasteiger partial charge in [-0.3, -0.25) is 14.9 Å². The zero-order valence-corrected chi connectivity index (χ0v) is 13.1. The Morgan fingerprint density at radius 3 is 3.00 bits per heavy atom. The van der Waals surface area contributed by atoms with Crippen LogP contribution in [0.4, 0.5) is 19.4 Å². The summed E-state index contributed by atoms with van der Waals surface area (Å²) < 4.78 is 26.9. The van der Waals surface area contributed by atoms with Crippen molar-refractivity contribution in [3.05, 3.63) is 11.8 Å². The lowest BCUT2D eigenvalue weighted by Gasteiger charge is -2.24. The van der Waals surface area contributed by atoms with Gasteiger partial charge in [-0.2, -0.15) is 5.10 Å². The van der Waals surface area contributed by atoms with Gasteiger partial charge in [0.2, 0.25) is 0 Å². The van der Waals surface area contributed by atoms with E-state index in [4.69, 9.17) is 0 Å². The molecule has 1 aromatic rings. The zero-order chi connectivity index (χ0) is 16.2. The Labute approximate surface area is 134 Å². The van der Waals surface area contributed by atoms with Gasteiger partial charge in [0, 0.05) is 30.9 Å². The van der Waals surface area contributed by atoms with Crippen LogP contribution in [-0.4, -0.2) is 52.8 Å². The van der Waals surface area contributed by atoms with Crippen molar-refractivity contribution >= 4 is 11.8 Å². The molecule has 8 heteroatoms. The molecule has 1 fully saturated rings. The molecule has 0 radical (unpaired) electrons. The van der Waals surface area contributed by atoms with Crippen LogP contribution in [-0.2, 0) is 13.0 Å². The first-order chi connectivity index (χ1) is 11.1. The van der Waals surface area contributed by atoms with Crippen molar-refractivity contribution < 1.29 is 13.6 Å². The maximum absolute atomic E-state index is 12.5. The molecular formula is C15H23F2N5O. The lowest BCUT2D eigenvalue weighted by molar-refractivity contribution is 0.0826. The molecule has 2 aliphatic rings. The molecule has 6 nitrogen and oxygen atoms in total. The van der Waals surface area contributed by atoms with E-state index >= 15 is 0 Å². The van der Waals surface area contributed by atoms with Gasteiger partial charge in [-0.1, -0.05) is 0 Å². The SMILES string of the molecule is O=C(NCC1CCCN1CC(F)F)Nc1cc2n(n1)CCCC2. The first-order valence-electron chi connectivity index (χ1n) is 8.25. The van der Waals surface area contributed by atoms with Crippen molar-refractivity contribution in [2.45, 2.75) is 51.1 Å². The van der Waals surface area contributed by atoms with Gasteiger partial charge in [0.1, 0.15) is 0 Å². The second-order valence-electron chi connectivity index (χ2n) is 6.22. The number of likely N-dealkylation sites (tertiary alicyclic amines) is 1. The fraction of sp³-hybridized carbons (Fsp3) is 0.733. The fourth-order valence-electron chi connectivity index (χ4n) is 3.39. The van der Waals surface area contributed by atoms with E-state index in [0.29, 0.717) is 18.9 Å². The Balaban J connectivity index is 1.47. The molecule has 128 valence electrons. The summed E-state index contributed by atoms with van der Waals surface area (Å²) in [6.45, 7) is 1.73. The zero-order valence-electron chi connectivity index (χ0n) is 13.1. The Hall–Kier alpha value is -1.70. The van der Waals surface area contributed by atoms with E-state index in [9.17, 15) is 13.6 Å². The van der Waals surface area contributed by atoms with Gasteiger partial charge in [-0.25, -0.2) is 13.6 Å². The lowest BCUT2D eigenvalue weighted by Crippen LogP contribution is -2.43. The second kappa shape index (κ2) is 7.25. The van der Waals surface area contributed by atoms with Gasteiger partial charge < -0.3 is 5.32 Å². The summed E-state index contributed by atoms with van der Waals surface area (Å²) in [4.78, 5) is 13.7. The number of hydrogen-bond acceptors (Lipinski definition) is 3. The lowest BCUT2D eigenvalue weighted by atomic mass is 10.1. The van der Waals surface area contributed by atoms with Crippen LogP contribution in [0.2, 0.25) is 0 Å². The summed E-state index contributed by atoms with van der Waals surface area (Å²) in [6.07, 6.45) is 2.66. The molecule has 0 aromatic carbocycles. The van der Waals surface area contributed by atoms with Crippen LogP contribution in [0.15, 0.2) is 6.07 Å². The molecule has 1 unspecified atom stereocenters. The number of alkyl halides is 2. The average Bonchev–Trinajstić information content (AvgIpc) is 3.10. The molecular weight excluding hydrogens is 304 g/mol. The highest BCUT2D eigenvalue weighted by molar-refractivity contribution is 5.88. The van der Waals surface area contributed by atoms with Crippen molar-refractivity contribution in [2.24, 2.45) is 0 Å². The molecule has 1 atom stereocenters. The Morgan fingerprint density at radius 2 is 2.22 bits per heavy atom. The topological polar surface area (TPSA) is 62.2 Å². The number of rotatable bonds is 5. The van der Waals surface area contributed by atoms with Crippen LogP contribution in [0.1, 0.15) is 31.4 Å². The van der Waals surface area contributed by atoms with Crippen LogP contribution in [0.25, 0.3) is 0 Å². The smallest absolute Gasteiger partial charge is 0.320 e. The van der Waals surface area contributed by atoms with E-state index in [0.717, 1.165) is 44.3 Å². The fourth-order valence-corrected chi connectivity index (χ4v) is 3.39. The Bertz CT molecular complexity index is 524. The van der Waals surface area contributed by atoms with Crippen LogP contribution in [0.5, 0.6) is 0 Å². The predicted octanol–water partition coefficient (Wildman–Crippen LogP) is 2.07. The Kier molecular flexibility index (Phi) is 5.09. The number of halogens is 2. The third-order valence-corrected chi connectivity index (χ3v) is 4.53. The number of carbonyl (C=O) groups excluding carboxylic acids is 1. The van der Waals surface area contributed by atoms with Gasteiger partial charge in [0.25, 0.3) is 6.43 Å². The van der Waals surface area contributed by atoms with E-state index in [2.05, 4.69) is 15.7 Å².